The van der Waals surface area contributed by atoms with Crippen molar-refractivity contribution in [3.8, 4) is 5.69 Å². The molecule has 0 spiro atoms. The fraction of sp³-hybridized carbons (Fsp3) is 0.176. The molecule has 0 aliphatic heterocycles. The second kappa shape index (κ2) is 7.36. The molecule has 7 nitrogen and oxygen atoms in total. The number of aromatic nitrogens is 4. The predicted octanol–water partition coefficient (Wildman–Crippen LogP) is 2.22. The van der Waals surface area contributed by atoms with Crippen molar-refractivity contribution in [1.29, 1.82) is 0 Å². The number of pyridine rings is 1. The summed E-state index contributed by atoms with van der Waals surface area (Å²) in [7, 11) is 0. The molecule has 0 unspecified atom stereocenters. The normalized spacial score (nSPS) is 11.7. The van der Waals surface area contributed by atoms with Gasteiger partial charge in [0.25, 0.3) is 0 Å². The van der Waals surface area contributed by atoms with Crippen LogP contribution in [0, 0.1) is 0 Å². The average molecular weight is 322 g/mol. The summed E-state index contributed by atoms with van der Waals surface area (Å²) >= 11 is 0. The molecule has 1 atom stereocenters. The Morgan fingerprint density at radius 2 is 2.04 bits per heavy atom. The number of urea groups is 1. The van der Waals surface area contributed by atoms with Gasteiger partial charge in [-0.1, -0.05) is 18.2 Å². The van der Waals surface area contributed by atoms with E-state index >= 15 is 0 Å². The molecule has 0 bridgehead atoms. The number of hydrogen-bond donors (Lipinski definition) is 2. The van der Waals surface area contributed by atoms with Gasteiger partial charge in [-0.25, -0.2) is 14.5 Å². The number of nitrogens with one attached hydrogen (secondary N) is 2. The van der Waals surface area contributed by atoms with Gasteiger partial charge in [-0.3, -0.25) is 4.98 Å². The number of rotatable bonds is 5. The summed E-state index contributed by atoms with van der Waals surface area (Å²) in [6, 6.07) is 11.2. The second-order valence-corrected chi connectivity index (χ2v) is 5.34. The van der Waals surface area contributed by atoms with E-state index in [-0.39, 0.29) is 12.1 Å². The quantitative estimate of drug-likeness (QED) is 0.754. The van der Waals surface area contributed by atoms with Crippen LogP contribution >= 0.6 is 0 Å². The summed E-state index contributed by atoms with van der Waals surface area (Å²) in [5.74, 6) is 0. The van der Waals surface area contributed by atoms with E-state index < -0.39 is 0 Å². The predicted molar refractivity (Wildman–Crippen MR) is 89.4 cm³/mol. The van der Waals surface area contributed by atoms with E-state index in [4.69, 9.17) is 0 Å². The molecule has 3 rings (SSSR count). The first-order valence-electron chi connectivity index (χ1n) is 7.60. The van der Waals surface area contributed by atoms with Gasteiger partial charge in [0.15, 0.2) is 0 Å². The van der Waals surface area contributed by atoms with Crippen molar-refractivity contribution in [3.63, 3.8) is 0 Å². The summed E-state index contributed by atoms with van der Waals surface area (Å²) < 4.78 is 1.68. The van der Waals surface area contributed by atoms with Crippen LogP contribution in [0.1, 0.15) is 24.1 Å². The summed E-state index contributed by atoms with van der Waals surface area (Å²) in [5.41, 5.74) is 2.89. The smallest absolute Gasteiger partial charge is 0.315 e. The van der Waals surface area contributed by atoms with Crippen molar-refractivity contribution in [2.45, 2.75) is 19.5 Å². The molecule has 0 radical (unpaired) electrons. The summed E-state index contributed by atoms with van der Waals surface area (Å²) in [5, 5.41) is 9.82. The van der Waals surface area contributed by atoms with Gasteiger partial charge in [0.05, 0.1) is 11.7 Å². The molecule has 24 heavy (non-hydrogen) atoms. The molecule has 0 saturated heterocycles. The van der Waals surface area contributed by atoms with Crippen LogP contribution in [0.2, 0.25) is 0 Å². The zero-order valence-electron chi connectivity index (χ0n) is 13.3. The summed E-state index contributed by atoms with van der Waals surface area (Å²) in [6.45, 7) is 2.38. The van der Waals surface area contributed by atoms with Crippen LogP contribution in [0.25, 0.3) is 5.69 Å². The lowest BCUT2D eigenvalue weighted by Gasteiger charge is -2.15. The molecular weight excluding hydrogens is 304 g/mol. The van der Waals surface area contributed by atoms with Gasteiger partial charge >= 0.3 is 6.03 Å². The summed E-state index contributed by atoms with van der Waals surface area (Å²) in [4.78, 5) is 19.9. The highest BCUT2D eigenvalue weighted by Gasteiger charge is 2.09. The Kier molecular flexibility index (Phi) is 4.81. The number of benzene rings is 1. The van der Waals surface area contributed by atoms with Crippen molar-refractivity contribution in [1.82, 2.24) is 30.4 Å². The van der Waals surface area contributed by atoms with E-state index in [1.165, 1.54) is 6.33 Å². The van der Waals surface area contributed by atoms with Gasteiger partial charge in [-0.05, 0) is 36.2 Å². The third-order valence-corrected chi connectivity index (χ3v) is 3.60. The van der Waals surface area contributed by atoms with E-state index in [1.54, 1.807) is 23.4 Å². The maximum atomic E-state index is 12.0. The molecule has 0 aliphatic carbocycles. The minimum atomic E-state index is -0.216. The maximum Gasteiger partial charge on any atom is 0.315 e. The van der Waals surface area contributed by atoms with Crippen LogP contribution in [-0.2, 0) is 6.54 Å². The molecule has 7 heteroatoms. The van der Waals surface area contributed by atoms with Crippen molar-refractivity contribution >= 4 is 6.03 Å². The lowest BCUT2D eigenvalue weighted by atomic mass is 10.1. The van der Waals surface area contributed by atoms with Gasteiger partial charge in [-0.2, -0.15) is 5.10 Å². The highest BCUT2D eigenvalue weighted by Crippen LogP contribution is 2.15. The first kappa shape index (κ1) is 15.7. The average Bonchev–Trinajstić information content (AvgIpc) is 3.16. The maximum absolute atomic E-state index is 12.0. The highest BCUT2D eigenvalue weighted by atomic mass is 16.2. The molecule has 2 aromatic heterocycles. The molecular formula is C17H18N6O. The fourth-order valence-corrected chi connectivity index (χ4v) is 2.27. The number of carbonyl (C=O) groups excluding carboxylic acids is 1. The number of nitrogens with zero attached hydrogens (tertiary/aromatic N) is 4. The van der Waals surface area contributed by atoms with Gasteiger partial charge in [0.2, 0.25) is 0 Å². The SMILES string of the molecule is C[C@H](NC(=O)NCc1cccnc1)c1ccc(-n2cncn2)cc1. The Morgan fingerprint density at radius 3 is 2.71 bits per heavy atom. The lowest BCUT2D eigenvalue weighted by molar-refractivity contribution is 0.237. The zero-order chi connectivity index (χ0) is 16.8. The van der Waals surface area contributed by atoms with Crippen LogP contribution in [0.15, 0.2) is 61.4 Å². The molecule has 0 saturated carbocycles. The molecule has 0 aliphatic rings. The van der Waals surface area contributed by atoms with Gasteiger partial charge < -0.3 is 10.6 Å². The number of hydrogen-bond acceptors (Lipinski definition) is 4. The third kappa shape index (κ3) is 3.95. The van der Waals surface area contributed by atoms with E-state index in [2.05, 4.69) is 25.7 Å². The summed E-state index contributed by atoms with van der Waals surface area (Å²) in [6.07, 6.45) is 6.56. The fourth-order valence-electron chi connectivity index (χ4n) is 2.27. The van der Waals surface area contributed by atoms with Crippen molar-refractivity contribution in [2.75, 3.05) is 0 Å². The topological polar surface area (TPSA) is 84.7 Å². The van der Waals surface area contributed by atoms with Crippen molar-refractivity contribution in [2.24, 2.45) is 0 Å². The minimum absolute atomic E-state index is 0.108. The Bertz CT molecular complexity index is 771. The molecule has 2 amide bonds. The first-order chi connectivity index (χ1) is 11.7. The van der Waals surface area contributed by atoms with Crippen LogP contribution in [-0.4, -0.2) is 25.8 Å². The van der Waals surface area contributed by atoms with Gasteiger partial charge in [-0.15, -0.1) is 0 Å². The van der Waals surface area contributed by atoms with Crippen LogP contribution in [0.5, 0.6) is 0 Å². The second-order valence-electron chi connectivity index (χ2n) is 5.34. The van der Waals surface area contributed by atoms with Crippen molar-refractivity contribution < 1.29 is 4.79 Å². The number of carbonyl (C=O) groups is 1. The van der Waals surface area contributed by atoms with Gasteiger partial charge in [0.1, 0.15) is 12.7 Å². The standard InChI is InChI=1S/C17H18N6O/c1-13(22-17(24)20-10-14-3-2-8-18-9-14)15-4-6-16(7-5-15)23-12-19-11-21-23/h2-9,11-13H,10H2,1H3,(H2,20,22,24)/t13-/m0/s1. The zero-order valence-corrected chi connectivity index (χ0v) is 13.3. The Labute approximate surface area is 139 Å². The van der Waals surface area contributed by atoms with Crippen LogP contribution in [0.4, 0.5) is 4.79 Å². The minimum Gasteiger partial charge on any atom is -0.334 e. The largest absolute Gasteiger partial charge is 0.334 e. The van der Waals surface area contributed by atoms with Crippen molar-refractivity contribution in [3.05, 3.63) is 72.6 Å². The Morgan fingerprint density at radius 1 is 1.21 bits per heavy atom. The third-order valence-electron chi connectivity index (χ3n) is 3.60. The Hall–Kier alpha value is -3.22. The molecule has 2 heterocycles. The molecule has 122 valence electrons. The Balaban J connectivity index is 1.54. The highest BCUT2D eigenvalue weighted by molar-refractivity contribution is 5.74. The van der Waals surface area contributed by atoms with Crippen LogP contribution < -0.4 is 10.6 Å². The number of amides is 2. The van der Waals surface area contributed by atoms with E-state index in [0.717, 1.165) is 16.8 Å². The lowest BCUT2D eigenvalue weighted by Crippen LogP contribution is -2.36. The van der Waals surface area contributed by atoms with E-state index in [9.17, 15) is 4.79 Å². The van der Waals surface area contributed by atoms with E-state index in [0.29, 0.717) is 6.54 Å². The molecule has 3 aromatic rings. The van der Waals surface area contributed by atoms with Gasteiger partial charge in [0, 0.05) is 18.9 Å². The molecule has 0 fully saturated rings. The molecule has 2 N–H and O–H groups in total. The monoisotopic (exact) mass is 322 g/mol. The van der Waals surface area contributed by atoms with Crippen LogP contribution in [0.3, 0.4) is 0 Å². The molecule has 1 aromatic carbocycles. The van der Waals surface area contributed by atoms with E-state index in [1.807, 2.05) is 43.3 Å². The first-order valence-corrected chi connectivity index (χ1v) is 7.60.